The molecular formula is C21H20F2N4O. The zero-order valence-corrected chi connectivity index (χ0v) is 15.8. The van der Waals surface area contributed by atoms with Gasteiger partial charge in [0.05, 0.1) is 5.69 Å². The van der Waals surface area contributed by atoms with Gasteiger partial charge in [-0.1, -0.05) is 32.9 Å². The van der Waals surface area contributed by atoms with Crippen molar-refractivity contribution < 1.29 is 13.6 Å². The highest BCUT2D eigenvalue weighted by Crippen LogP contribution is 2.25. The van der Waals surface area contributed by atoms with Gasteiger partial charge in [-0.15, -0.1) is 0 Å². The van der Waals surface area contributed by atoms with Crippen LogP contribution in [0.15, 0.2) is 54.7 Å². The van der Waals surface area contributed by atoms with E-state index >= 15 is 0 Å². The third-order valence-electron chi connectivity index (χ3n) is 4.00. The highest BCUT2D eigenvalue weighted by Gasteiger charge is 2.21. The minimum atomic E-state index is -0.738. The van der Waals surface area contributed by atoms with Gasteiger partial charge in [0.15, 0.2) is 5.82 Å². The van der Waals surface area contributed by atoms with E-state index in [0.717, 1.165) is 30.0 Å². The molecule has 5 nitrogen and oxygen atoms in total. The van der Waals surface area contributed by atoms with E-state index in [1.54, 1.807) is 24.4 Å². The first kappa shape index (κ1) is 19.4. The zero-order valence-electron chi connectivity index (χ0n) is 15.8. The summed E-state index contributed by atoms with van der Waals surface area (Å²) >= 11 is 0. The van der Waals surface area contributed by atoms with Crippen molar-refractivity contribution >= 4 is 17.8 Å². The van der Waals surface area contributed by atoms with Crippen LogP contribution in [0.4, 0.5) is 14.6 Å². The molecule has 0 atom stereocenters. The van der Waals surface area contributed by atoms with Crippen molar-refractivity contribution in [2.75, 3.05) is 5.32 Å². The highest BCUT2D eigenvalue weighted by atomic mass is 19.1. The predicted molar refractivity (Wildman–Crippen MR) is 104 cm³/mol. The van der Waals surface area contributed by atoms with Crippen LogP contribution in [0, 0.1) is 11.6 Å². The standard InChI is InChI=1S/C21H20F2N4O/c1-21(2,3)17-13-19(27(26-17)18-9-4-5-12-24-18)25-20(28)11-10-14-15(22)7-6-8-16(14)23/h4-13H,1-3H3,(H,25,28)/b11-10+. The number of nitrogens with zero attached hydrogens (tertiary/aromatic N) is 3. The Kier molecular flexibility index (Phi) is 5.35. The van der Waals surface area contributed by atoms with Crippen LogP contribution < -0.4 is 5.32 Å². The van der Waals surface area contributed by atoms with E-state index in [1.807, 2.05) is 26.8 Å². The van der Waals surface area contributed by atoms with Crippen LogP contribution in [0.2, 0.25) is 0 Å². The molecule has 3 rings (SSSR count). The number of aromatic nitrogens is 3. The van der Waals surface area contributed by atoms with Crippen molar-refractivity contribution in [1.29, 1.82) is 0 Å². The van der Waals surface area contributed by atoms with E-state index < -0.39 is 17.5 Å². The number of nitrogens with one attached hydrogen (secondary N) is 1. The summed E-state index contributed by atoms with van der Waals surface area (Å²) in [5, 5.41) is 7.25. The van der Waals surface area contributed by atoms with Gasteiger partial charge in [0, 0.05) is 29.3 Å². The molecule has 0 aliphatic carbocycles. The largest absolute Gasteiger partial charge is 0.307 e. The number of hydrogen-bond acceptors (Lipinski definition) is 3. The van der Waals surface area contributed by atoms with E-state index in [0.29, 0.717) is 11.6 Å². The maximum absolute atomic E-state index is 13.7. The second-order valence-corrected chi connectivity index (χ2v) is 7.22. The summed E-state index contributed by atoms with van der Waals surface area (Å²) < 4.78 is 28.9. The fraction of sp³-hybridized carbons (Fsp3) is 0.190. The van der Waals surface area contributed by atoms with E-state index in [4.69, 9.17) is 0 Å². The second kappa shape index (κ2) is 7.72. The zero-order chi connectivity index (χ0) is 20.3. The average molecular weight is 382 g/mol. The number of benzene rings is 1. The molecule has 0 saturated heterocycles. The smallest absolute Gasteiger partial charge is 0.249 e. The average Bonchev–Trinajstić information content (AvgIpc) is 3.06. The summed E-state index contributed by atoms with van der Waals surface area (Å²) in [6.45, 7) is 6.01. The topological polar surface area (TPSA) is 59.8 Å². The molecule has 2 aromatic heterocycles. The molecule has 0 fully saturated rings. The molecule has 0 unspecified atom stereocenters. The Morgan fingerprint density at radius 2 is 1.82 bits per heavy atom. The van der Waals surface area contributed by atoms with Gasteiger partial charge in [0.1, 0.15) is 17.5 Å². The van der Waals surface area contributed by atoms with Crippen molar-refractivity contribution in [3.8, 4) is 5.82 Å². The molecule has 7 heteroatoms. The molecule has 3 aromatic rings. The molecule has 1 N–H and O–H groups in total. The number of rotatable bonds is 4. The molecule has 28 heavy (non-hydrogen) atoms. The SMILES string of the molecule is CC(C)(C)c1cc(NC(=O)/C=C/c2c(F)cccc2F)n(-c2ccccn2)n1. The normalized spacial score (nSPS) is 11.8. The Balaban J connectivity index is 1.90. The van der Waals surface area contributed by atoms with Crippen LogP contribution in [-0.4, -0.2) is 20.7 Å². The lowest BCUT2D eigenvalue weighted by molar-refractivity contribution is -0.111. The van der Waals surface area contributed by atoms with E-state index in [1.165, 1.54) is 10.7 Å². The summed E-state index contributed by atoms with van der Waals surface area (Å²) in [6.07, 6.45) is 3.81. The number of carbonyl (C=O) groups is 1. The van der Waals surface area contributed by atoms with Crippen molar-refractivity contribution in [2.24, 2.45) is 0 Å². The Labute approximate surface area is 161 Å². The van der Waals surface area contributed by atoms with Gasteiger partial charge in [0.2, 0.25) is 5.91 Å². The number of halogens is 2. The molecule has 1 aromatic carbocycles. The molecule has 0 spiro atoms. The Morgan fingerprint density at radius 3 is 2.43 bits per heavy atom. The maximum atomic E-state index is 13.7. The minimum absolute atomic E-state index is 0.244. The molecule has 1 amide bonds. The van der Waals surface area contributed by atoms with Crippen molar-refractivity contribution in [2.45, 2.75) is 26.2 Å². The van der Waals surface area contributed by atoms with Gasteiger partial charge in [-0.3, -0.25) is 4.79 Å². The first-order valence-electron chi connectivity index (χ1n) is 8.71. The van der Waals surface area contributed by atoms with Crippen LogP contribution >= 0.6 is 0 Å². The van der Waals surface area contributed by atoms with Crippen LogP contribution in [0.25, 0.3) is 11.9 Å². The summed E-state index contributed by atoms with van der Waals surface area (Å²) in [5.41, 5.74) is 0.245. The van der Waals surface area contributed by atoms with Crippen molar-refractivity contribution in [3.05, 3.63) is 77.6 Å². The third kappa shape index (κ3) is 4.31. The highest BCUT2D eigenvalue weighted by molar-refractivity contribution is 6.01. The quantitative estimate of drug-likeness (QED) is 0.676. The number of pyridine rings is 1. The fourth-order valence-electron chi connectivity index (χ4n) is 2.49. The molecule has 0 aliphatic heterocycles. The number of amides is 1. The fourth-order valence-corrected chi connectivity index (χ4v) is 2.49. The van der Waals surface area contributed by atoms with Gasteiger partial charge in [-0.05, 0) is 30.3 Å². The van der Waals surface area contributed by atoms with E-state index in [9.17, 15) is 13.6 Å². The van der Waals surface area contributed by atoms with Crippen LogP contribution in [0.3, 0.4) is 0 Å². The molecular weight excluding hydrogens is 362 g/mol. The molecule has 0 radical (unpaired) electrons. The van der Waals surface area contributed by atoms with Gasteiger partial charge >= 0.3 is 0 Å². The number of anilines is 1. The lowest BCUT2D eigenvalue weighted by atomic mass is 9.92. The first-order chi connectivity index (χ1) is 13.3. The predicted octanol–water partition coefficient (Wildman–Crippen LogP) is 4.49. The van der Waals surface area contributed by atoms with E-state index in [-0.39, 0.29) is 11.0 Å². The van der Waals surface area contributed by atoms with Crippen molar-refractivity contribution in [1.82, 2.24) is 14.8 Å². The first-order valence-corrected chi connectivity index (χ1v) is 8.71. The Bertz CT molecular complexity index is 1000. The lowest BCUT2D eigenvalue weighted by Crippen LogP contribution is -2.14. The van der Waals surface area contributed by atoms with Gasteiger partial charge in [-0.2, -0.15) is 9.78 Å². The van der Waals surface area contributed by atoms with Crippen LogP contribution in [0.5, 0.6) is 0 Å². The summed E-state index contributed by atoms with van der Waals surface area (Å²) in [5.74, 6) is -1.07. The lowest BCUT2D eigenvalue weighted by Gasteiger charge is -2.13. The molecule has 0 saturated carbocycles. The minimum Gasteiger partial charge on any atom is -0.307 e. The van der Waals surface area contributed by atoms with E-state index in [2.05, 4.69) is 15.4 Å². The molecule has 144 valence electrons. The van der Waals surface area contributed by atoms with Crippen molar-refractivity contribution in [3.63, 3.8) is 0 Å². The monoisotopic (exact) mass is 382 g/mol. The summed E-state index contributed by atoms with van der Waals surface area (Å²) in [6, 6.07) is 10.6. The second-order valence-electron chi connectivity index (χ2n) is 7.22. The van der Waals surface area contributed by atoms with Crippen LogP contribution in [0.1, 0.15) is 32.0 Å². The summed E-state index contributed by atoms with van der Waals surface area (Å²) in [4.78, 5) is 16.6. The number of hydrogen-bond donors (Lipinski definition) is 1. The maximum Gasteiger partial charge on any atom is 0.249 e. The summed E-state index contributed by atoms with van der Waals surface area (Å²) in [7, 11) is 0. The molecule has 0 aliphatic rings. The molecule has 2 heterocycles. The van der Waals surface area contributed by atoms with Gasteiger partial charge in [-0.25, -0.2) is 13.8 Å². The van der Waals surface area contributed by atoms with Crippen LogP contribution in [-0.2, 0) is 10.2 Å². The number of carbonyl (C=O) groups excluding carboxylic acids is 1. The molecule has 0 bridgehead atoms. The Hall–Kier alpha value is -3.35. The van der Waals surface area contributed by atoms with Gasteiger partial charge in [0.25, 0.3) is 0 Å². The third-order valence-corrected chi connectivity index (χ3v) is 4.00. The Morgan fingerprint density at radius 1 is 1.11 bits per heavy atom. The van der Waals surface area contributed by atoms with Gasteiger partial charge < -0.3 is 5.32 Å².